The number of esters is 1. The largest absolute Gasteiger partial charge is 0.743 e. The summed E-state index contributed by atoms with van der Waals surface area (Å²) in [5.41, 5.74) is -1.36. The van der Waals surface area contributed by atoms with E-state index in [1.165, 1.54) is 13.8 Å². The van der Waals surface area contributed by atoms with Crippen LogP contribution in [0, 0.1) is 0 Å². The predicted octanol–water partition coefficient (Wildman–Crippen LogP) is 1.26. The fraction of sp³-hybridized carbons (Fsp3) is 0.900. The van der Waals surface area contributed by atoms with Gasteiger partial charge in [-0.25, -0.2) is 8.42 Å². The zero-order chi connectivity index (χ0) is 15.3. The van der Waals surface area contributed by atoms with Crippen molar-refractivity contribution in [3.63, 3.8) is 0 Å². The SMILES string of the molecule is CCCOC(=O)CC(C)(C)OCC(F)(F)S(=O)(=O)[O-]. The van der Waals surface area contributed by atoms with E-state index >= 15 is 0 Å². The Kier molecular flexibility index (Phi) is 6.30. The Morgan fingerprint density at radius 1 is 1.32 bits per heavy atom. The molecule has 0 heterocycles. The van der Waals surface area contributed by atoms with Gasteiger partial charge in [0.1, 0.15) is 6.61 Å². The van der Waals surface area contributed by atoms with Crippen LogP contribution in [0.25, 0.3) is 0 Å². The molecule has 0 aliphatic heterocycles. The minimum absolute atomic E-state index is 0.194. The monoisotopic (exact) mass is 303 g/mol. The minimum Gasteiger partial charge on any atom is -0.743 e. The van der Waals surface area contributed by atoms with Crippen molar-refractivity contribution in [1.29, 1.82) is 0 Å². The zero-order valence-electron chi connectivity index (χ0n) is 10.9. The summed E-state index contributed by atoms with van der Waals surface area (Å²) in [4.78, 5) is 11.3. The molecule has 0 spiro atoms. The van der Waals surface area contributed by atoms with E-state index in [-0.39, 0.29) is 13.0 Å². The van der Waals surface area contributed by atoms with Crippen LogP contribution in [-0.4, -0.2) is 43.0 Å². The van der Waals surface area contributed by atoms with Gasteiger partial charge in [-0.1, -0.05) is 6.92 Å². The van der Waals surface area contributed by atoms with Crippen LogP contribution >= 0.6 is 0 Å². The molecule has 9 heteroatoms. The molecule has 0 aromatic heterocycles. The average molecular weight is 303 g/mol. The molecule has 0 aromatic carbocycles. The molecule has 0 atom stereocenters. The first-order chi connectivity index (χ1) is 8.41. The minimum atomic E-state index is -5.79. The maximum absolute atomic E-state index is 12.9. The summed E-state index contributed by atoms with van der Waals surface area (Å²) >= 11 is 0. The number of carbonyl (C=O) groups excluding carboxylic acids is 1. The van der Waals surface area contributed by atoms with Crippen molar-refractivity contribution in [3.05, 3.63) is 0 Å². The van der Waals surface area contributed by atoms with Crippen LogP contribution in [0.4, 0.5) is 8.78 Å². The molecule has 0 unspecified atom stereocenters. The quantitative estimate of drug-likeness (QED) is 0.495. The van der Waals surface area contributed by atoms with Gasteiger partial charge in [0.05, 0.1) is 18.6 Å². The number of ether oxygens (including phenoxy) is 2. The lowest BCUT2D eigenvalue weighted by Gasteiger charge is -2.28. The third kappa shape index (κ3) is 6.79. The summed E-state index contributed by atoms with van der Waals surface area (Å²) in [6.45, 7) is 3.00. The van der Waals surface area contributed by atoms with E-state index in [4.69, 9.17) is 4.74 Å². The van der Waals surface area contributed by atoms with Crippen molar-refractivity contribution in [2.75, 3.05) is 13.2 Å². The first-order valence-electron chi connectivity index (χ1n) is 5.54. The summed E-state index contributed by atoms with van der Waals surface area (Å²) in [5.74, 6) is -0.653. The molecule has 0 amide bonds. The van der Waals surface area contributed by atoms with Gasteiger partial charge in [0, 0.05) is 0 Å². The van der Waals surface area contributed by atoms with Gasteiger partial charge < -0.3 is 14.0 Å². The number of hydrogen-bond donors (Lipinski definition) is 0. The van der Waals surface area contributed by atoms with Gasteiger partial charge in [-0.3, -0.25) is 4.79 Å². The molecule has 0 fully saturated rings. The van der Waals surface area contributed by atoms with E-state index in [9.17, 15) is 26.5 Å². The van der Waals surface area contributed by atoms with Crippen molar-refractivity contribution >= 4 is 16.1 Å². The highest BCUT2D eigenvalue weighted by Gasteiger charge is 2.40. The van der Waals surface area contributed by atoms with Gasteiger partial charge in [0.2, 0.25) is 0 Å². The van der Waals surface area contributed by atoms with Crippen molar-refractivity contribution in [1.82, 2.24) is 0 Å². The van der Waals surface area contributed by atoms with Gasteiger partial charge in [-0.05, 0) is 20.3 Å². The molecule has 19 heavy (non-hydrogen) atoms. The molecule has 0 aromatic rings. The number of alkyl halides is 2. The van der Waals surface area contributed by atoms with E-state index in [1.807, 2.05) is 0 Å². The number of hydrogen-bond acceptors (Lipinski definition) is 6. The number of halogens is 2. The van der Waals surface area contributed by atoms with Gasteiger partial charge in [0.25, 0.3) is 0 Å². The molecule has 114 valence electrons. The Balaban J connectivity index is 4.43. The van der Waals surface area contributed by atoms with Gasteiger partial charge in [0.15, 0.2) is 10.1 Å². The molecule has 0 rings (SSSR count). The normalized spacial score (nSPS) is 13.4. The standard InChI is InChI=1S/C10H18F2O6S/c1-4-5-17-8(13)6-9(2,3)18-7-10(11,12)19(14,15)16/h4-7H2,1-3H3,(H,14,15,16)/p-1. The lowest BCUT2D eigenvalue weighted by Crippen LogP contribution is -2.39. The van der Waals surface area contributed by atoms with Crippen LogP contribution in [0.15, 0.2) is 0 Å². The van der Waals surface area contributed by atoms with Crippen molar-refractivity contribution in [3.8, 4) is 0 Å². The van der Waals surface area contributed by atoms with Crippen molar-refractivity contribution in [2.24, 2.45) is 0 Å². The lowest BCUT2D eigenvalue weighted by atomic mass is 10.1. The Morgan fingerprint density at radius 3 is 2.26 bits per heavy atom. The van der Waals surface area contributed by atoms with Crippen LogP contribution in [0.1, 0.15) is 33.6 Å². The topological polar surface area (TPSA) is 92.7 Å². The summed E-state index contributed by atoms with van der Waals surface area (Å²) < 4.78 is 65.9. The molecular formula is C10H17F2O6S-. The molecule has 0 radical (unpaired) electrons. The fourth-order valence-electron chi connectivity index (χ4n) is 1.02. The summed E-state index contributed by atoms with van der Waals surface area (Å²) in [6.07, 6.45) is 0.279. The van der Waals surface area contributed by atoms with Crippen LogP contribution in [-0.2, 0) is 24.4 Å². The molecule has 0 aliphatic carbocycles. The number of rotatable bonds is 8. The molecular weight excluding hydrogens is 286 g/mol. The molecule has 0 saturated heterocycles. The highest BCUT2D eigenvalue weighted by atomic mass is 32.2. The Hall–Kier alpha value is -0.800. The lowest BCUT2D eigenvalue weighted by molar-refractivity contribution is -0.153. The van der Waals surface area contributed by atoms with E-state index in [1.54, 1.807) is 6.92 Å². The third-order valence-corrected chi connectivity index (χ3v) is 2.88. The Labute approximate surface area is 110 Å². The average Bonchev–Trinajstić information content (AvgIpc) is 2.22. The van der Waals surface area contributed by atoms with E-state index in [0.29, 0.717) is 6.42 Å². The van der Waals surface area contributed by atoms with Gasteiger partial charge in [-0.2, -0.15) is 8.78 Å². The van der Waals surface area contributed by atoms with Gasteiger partial charge >= 0.3 is 11.2 Å². The number of carbonyl (C=O) groups is 1. The highest BCUT2D eigenvalue weighted by molar-refractivity contribution is 7.86. The van der Waals surface area contributed by atoms with E-state index < -0.39 is 33.5 Å². The second-order valence-corrected chi connectivity index (χ2v) is 6.04. The summed E-state index contributed by atoms with van der Waals surface area (Å²) in [6, 6.07) is 0. The second kappa shape index (κ2) is 6.58. The van der Waals surface area contributed by atoms with Crippen molar-refractivity contribution in [2.45, 2.75) is 44.5 Å². The zero-order valence-corrected chi connectivity index (χ0v) is 11.8. The fourth-order valence-corrected chi connectivity index (χ4v) is 1.22. The maximum atomic E-state index is 12.9. The van der Waals surface area contributed by atoms with E-state index in [0.717, 1.165) is 0 Å². The first kappa shape index (κ1) is 18.2. The second-order valence-electron chi connectivity index (χ2n) is 4.54. The predicted molar refractivity (Wildman–Crippen MR) is 60.5 cm³/mol. The molecule has 0 aliphatic rings. The Bertz CT molecular complexity index is 404. The maximum Gasteiger partial charge on any atom is 0.357 e. The third-order valence-electron chi connectivity index (χ3n) is 2.03. The smallest absolute Gasteiger partial charge is 0.357 e. The van der Waals surface area contributed by atoms with E-state index in [2.05, 4.69) is 4.74 Å². The highest BCUT2D eigenvalue weighted by Crippen LogP contribution is 2.25. The molecule has 0 N–H and O–H groups in total. The molecule has 0 bridgehead atoms. The van der Waals surface area contributed by atoms with Crippen LogP contribution in [0.2, 0.25) is 0 Å². The summed E-state index contributed by atoms with van der Waals surface area (Å²) in [7, 11) is -5.79. The van der Waals surface area contributed by atoms with Crippen molar-refractivity contribution < 1.29 is 36.0 Å². The summed E-state index contributed by atoms with van der Waals surface area (Å²) in [5, 5.41) is -4.53. The Morgan fingerprint density at radius 2 is 1.84 bits per heavy atom. The van der Waals surface area contributed by atoms with Crippen LogP contribution < -0.4 is 0 Å². The molecule has 0 saturated carbocycles. The first-order valence-corrected chi connectivity index (χ1v) is 6.95. The molecule has 6 nitrogen and oxygen atoms in total. The van der Waals surface area contributed by atoms with Crippen LogP contribution in [0.3, 0.4) is 0 Å². The van der Waals surface area contributed by atoms with Crippen LogP contribution in [0.5, 0.6) is 0 Å². The van der Waals surface area contributed by atoms with Gasteiger partial charge in [-0.15, -0.1) is 0 Å².